The predicted octanol–water partition coefficient (Wildman–Crippen LogP) is 5.54. The molecule has 1 saturated heterocycles. The van der Waals surface area contributed by atoms with E-state index < -0.39 is 29.6 Å². The van der Waals surface area contributed by atoms with Gasteiger partial charge in [-0.05, 0) is 76.2 Å². The number of hydrogen-bond donors (Lipinski definition) is 1. The molecule has 0 aliphatic carbocycles. The van der Waals surface area contributed by atoms with Crippen molar-refractivity contribution in [2.24, 2.45) is 0 Å². The molecule has 13 heteroatoms. The molecule has 0 spiro atoms. The molecule has 5 rings (SSSR count). The van der Waals surface area contributed by atoms with Gasteiger partial charge in [-0.2, -0.15) is 0 Å². The van der Waals surface area contributed by atoms with Crippen LogP contribution in [0.2, 0.25) is 0 Å². The summed E-state index contributed by atoms with van der Waals surface area (Å²) in [5.74, 6) is 0.694. The van der Waals surface area contributed by atoms with Crippen molar-refractivity contribution in [1.29, 1.82) is 0 Å². The Morgan fingerprint density at radius 1 is 0.957 bits per heavy atom. The summed E-state index contributed by atoms with van der Waals surface area (Å²) in [7, 11) is 3.00. The van der Waals surface area contributed by atoms with E-state index in [2.05, 4.69) is 5.32 Å². The highest BCUT2D eigenvalue weighted by Gasteiger charge is 2.33. The molecule has 0 saturated carbocycles. The van der Waals surface area contributed by atoms with Crippen molar-refractivity contribution in [2.75, 3.05) is 55.6 Å². The van der Waals surface area contributed by atoms with Crippen LogP contribution in [0.3, 0.4) is 0 Å². The fourth-order valence-electron chi connectivity index (χ4n) is 5.40. The van der Waals surface area contributed by atoms with Crippen molar-refractivity contribution >= 4 is 34.4 Å². The Hall–Kier alpha value is -5.33. The van der Waals surface area contributed by atoms with Gasteiger partial charge in [-0.25, -0.2) is 23.6 Å². The van der Waals surface area contributed by atoms with Crippen LogP contribution in [0.15, 0.2) is 71.5 Å². The number of benzene rings is 3. The molecule has 3 amide bonds. The van der Waals surface area contributed by atoms with Crippen molar-refractivity contribution in [1.82, 2.24) is 14.6 Å². The van der Waals surface area contributed by atoms with Crippen LogP contribution in [0.25, 0.3) is 10.9 Å². The molecule has 1 unspecified atom stereocenters. The van der Waals surface area contributed by atoms with Gasteiger partial charge in [0.05, 0.1) is 49.9 Å². The van der Waals surface area contributed by atoms with Gasteiger partial charge in [0.1, 0.15) is 22.9 Å². The van der Waals surface area contributed by atoms with Gasteiger partial charge in [0.15, 0.2) is 5.82 Å². The second-order valence-corrected chi connectivity index (χ2v) is 12.0. The predicted molar refractivity (Wildman–Crippen MR) is 178 cm³/mol. The summed E-state index contributed by atoms with van der Waals surface area (Å²) in [6, 6.07) is 16.0. The highest BCUT2D eigenvalue weighted by molar-refractivity contribution is 6.03. The number of carbonyl (C=O) groups is 2. The lowest BCUT2D eigenvalue weighted by atomic mass is 10.1. The van der Waals surface area contributed by atoms with Gasteiger partial charge in [-0.15, -0.1) is 0 Å². The quantitative estimate of drug-likeness (QED) is 0.278. The molecule has 1 fully saturated rings. The first-order valence-electron chi connectivity index (χ1n) is 15.2. The van der Waals surface area contributed by atoms with E-state index in [1.165, 1.54) is 48.1 Å². The summed E-state index contributed by atoms with van der Waals surface area (Å²) in [5, 5.41) is 5.07. The zero-order valence-corrected chi connectivity index (χ0v) is 27.3. The molecule has 12 nitrogen and oxygen atoms in total. The van der Waals surface area contributed by atoms with E-state index >= 15 is 0 Å². The van der Waals surface area contributed by atoms with Gasteiger partial charge in [0.25, 0.3) is 5.56 Å². The Morgan fingerprint density at radius 2 is 1.64 bits per heavy atom. The van der Waals surface area contributed by atoms with Crippen LogP contribution in [-0.4, -0.2) is 72.7 Å². The first-order chi connectivity index (χ1) is 22.4. The van der Waals surface area contributed by atoms with E-state index in [4.69, 9.17) is 19.2 Å². The topological polar surface area (TPSA) is 118 Å². The molecule has 0 radical (unpaired) electrons. The molecule has 0 bridgehead atoms. The second-order valence-electron chi connectivity index (χ2n) is 12.0. The highest BCUT2D eigenvalue weighted by atomic mass is 19.1. The van der Waals surface area contributed by atoms with E-state index in [1.807, 2.05) is 25.8 Å². The van der Waals surface area contributed by atoms with E-state index in [9.17, 15) is 18.8 Å². The Kier molecular flexibility index (Phi) is 9.54. The number of amides is 3. The van der Waals surface area contributed by atoms with Crippen molar-refractivity contribution in [3.63, 3.8) is 0 Å². The maximum atomic E-state index is 14.2. The van der Waals surface area contributed by atoms with Crippen LogP contribution in [-0.2, 0) is 4.74 Å². The van der Waals surface area contributed by atoms with E-state index in [0.29, 0.717) is 60.0 Å². The lowest BCUT2D eigenvalue weighted by molar-refractivity contribution is 0.0231. The highest BCUT2D eigenvalue weighted by Crippen LogP contribution is 2.37. The van der Waals surface area contributed by atoms with Crippen molar-refractivity contribution < 1.29 is 28.2 Å². The Bertz CT molecular complexity index is 1820. The third kappa shape index (κ3) is 7.24. The third-order valence-corrected chi connectivity index (χ3v) is 7.69. The fraction of sp³-hybridized carbons (Fsp3) is 0.353. The number of ether oxygens (including phenoxy) is 3. The number of anilines is 2. The van der Waals surface area contributed by atoms with Crippen LogP contribution >= 0.6 is 0 Å². The number of aromatic nitrogens is 2. The minimum Gasteiger partial charge on any atom is -0.497 e. The normalized spacial score (nSPS) is 14.0. The van der Waals surface area contributed by atoms with Crippen LogP contribution < -0.4 is 30.3 Å². The monoisotopic (exact) mass is 646 g/mol. The molecule has 4 aromatic rings. The zero-order valence-electron chi connectivity index (χ0n) is 27.3. The molecule has 1 N–H and O–H groups in total. The molecule has 2 heterocycles. The molecular weight excluding hydrogens is 607 g/mol. The summed E-state index contributed by atoms with van der Waals surface area (Å²) in [5.41, 5.74) is 0.246. The molecule has 1 aromatic heterocycles. The van der Waals surface area contributed by atoms with Crippen LogP contribution in [0, 0.1) is 5.82 Å². The van der Waals surface area contributed by atoms with Crippen LogP contribution in [0.5, 0.6) is 11.5 Å². The van der Waals surface area contributed by atoms with Crippen LogP contribution in [0.1, 0.15) is 39.6 Å². The molecular formula is C34H39FN6O6. The maximum absolute atomic E-state index is 14.2. The first kappa shape index (κ1) is 33.0. The summed E-state index contributed by atoms with van der Waals surface area (Å²) in [6.07, 6.45) is -0.426. The number of carbonyl (C=O) groups excluding carboxylic acids is 2. The molecule has 3 aromatic carbocycles. The third-order valence-electron chi connectivity index (χ3n) is 7.69. The van der Waals surface area contributed by atoms with E-state index in [-0.39, 0.29) is 11.4 Å². The van der Waals surface area contributed by atoms with Crippen molar-refractivity contribution in [3.8, 4) is 11.5 Å². The molecule has 47 heavy (non-hydrogen) atoms. The molecule has 1 aliphatic heterocycles. The number of halogens is 1. The molecule has 1 atom stereocenters. The lowest BCUT2D eigenvalue weighted by Gasteiger charge is -2.39. The number of rotatable bonds is 7. The van der Waals surface area contributed by atoms with Gasteiger partial charge in [0.2, 0.25) is 0 Å². The molecule has 1 aliphatic rings. The number of para-hydroxylation sites is 1. The standard InChI is InChI=1S/C34H39FN6O6/c1-22(40(28-16-15-25(45-5)21-29(28)46-6)32(43)36-24-13-11-23(35)12-14-24)30-37-27-10-8-7-9-26(27)31(42)41(30)39-19-17-38(18-20-39)33(44)47-34(2,3)4/h7-16,21-22H,17-20H2,1-6H3,(H,36,43). The zero-order chi connectivity index (χ0) is 33.9. The number of fused-ring (bicyclic) bond motifs is 1. The number of piperazine rings is 1. The van der Waals surface area contributed by atoms with Crippen molar-refractivity contribution in [2.45, 2.75) is 39.3 Å². The number of urea groups is 1. The van der Waals surface area contributed by atoms with E-state index in [0.717, 1.165) is 0 Å². The maximum Gasteiger partial charge on any atom is 0.410 e. The summed E-state index contributed by atoms with van der Waals surface area (Å²) >= 11 is 0. The summed E-state index contributed by atoms with van der Waals surface area (Å²) in [6.45, 7) is 8.43. The van der Waals surface area contributed by atoms with Crippen molar-refractivity contribution in [3.05, 3.63) is 88.7 Å². The Balaban J connectivity index is 1.59. The lowest BCUT2D eigenvalue weighted by Crippen LogP contribution is -2.57. The average Bonchev–Trinajstić information content (AvgIpc) is 3.05. The fourth-order valence-corrected chi connectivity index (χ4v) is 5.40. The van der Waals surface area contributed by atoms with Crippen LogP contribution in [0.4, 0.5) is 25.4 Å². The minimum atomic E-state index is -0.848. The average molecular weight is 647 g/mol. The second kappa shape index (κ2) is 13.6. The summed E-state index contributed by atoms with van der Waals surface area (Å²) < 4.78 is 31.8. The van der Waals surface area contributed by atoms with Gasteiger partial charge >= 0.3 is 12.1 Å². The van der Waals surface area contributed by atoms with E-state index in [1.54, 1.807) is 54.3 Å². The van der Waals surface area contributed by atoms with Gasteiger partial charge in [-0.1, -0.05) is 12.1 Å². The first-order valence-corrected chi connectivity index (χ1v) is 15.2. The summed E-state index contributed by atoms with van der Waals surface area (Å²) in [4.78, 5) is 49.1. The minimum absolute atomic E-state index is 0.284. The largest absolute Gasteiger partial charge is 0.497 e. The Labute approximate surface area is 272 Å². The smallest absolute Gasteiger partial charge is 0.410 e. The number of nitrogens with one attached hydrogen (secondary N) is 1. The van der Waals surface area contributed by atoms with Gasteiger partial charge < -0.3 is 29.4 Å². The van der Waals surface area contributed by atoms with Gasteiger partial charge in [0, 0.05) is 24.8 Å². The van der Waals surface area contributed by atoms with Gasteiger partial charge in [-0.3, -0.25) is 9.69 Å². The SMILES string of the molecule is COc1ccc(N(C(=O)Nc2ccc(F)cc2)C(C)c2nc3ccccc3c(=O)n2N2CCN(C(=O)OC(C)(C)C)CC2)c(OC)c1. The Morgan fingerprint density at radius 3 is 2.28 bits per heavy atom. The number of nitrogens with zero attached hydrogens (tertiary/aromatic N) is 5. The molecule has 248 valence electrons. The number of hydrogen-bond acceptors (Lipinski definition) is 8. The number of methoxy groups -OCH3 is 2.